The molecule has 302 valence electrons. The number of fused-ring (bicyclic) bond motifs is 6. The van der Waals surface area contributed by atoms with Crippen LogP contribution in [0.25, 0.3) is 33.4 Å². The summed E-state index contributed by atoms with van der Waals surface area (Å²) in [5, 5.41) is 0. The predicted octanol–water partition coefficient (Wildman–Crippen LogP) is 16.4. The van der Waals surface area contributed by atoms with Crippen LogP contribution in [0.5, 0.6) is 11.5 Å². The highest BCUT2D eigenvalue weighted by molar-refractivity contribution is 5.83. The normalized spacial score (nSPS) is 14.9. The number of hydrogen-bond acceptors (Lipinski definition) is 1. The van der Waals surface area contributed by atoms with E-state index in [4.69, 9.17) is 4.74 Å². The molecule has 0 saturated carbocycles. The van der Waals surface area contributed by atoms with Gasteiger partial charge in [-0.05, 0) is 138 Å². The lowest BCUT2D eigenvalue weighted by atomic mass is 9.70. The maximum absolute atomic E-state index is 6.79. The lowest BCUT2D eigenvalue weighted by Gasteiger charge is -2.33. The van der Waals surface area contributed by atoms with Crippen molar-refractivity contribution in [2.45, 2.75) is 78.1 Å². The molecule has 0 saturated heterocycles. The molecule has 0 bridgehead atoms. The van der Waals surface area contributed by atoms with Crippen molar-refractivity contribution in [2.75, 3.05) is 0 Å². The van der Waals surface area contributed by atoms with Crippen LogP contribution in [-0.2, 0) is 10.8 Å². The van der Waals surface area contributed by atoms with Crippen molar-refractivity contribution in [3.05, 3.63) is 238 Å². The first-order chi connectivity index (χ1) is 29.3. The van der Waals surface area contributed by atoms with Gasteiger partial charge in [0, 0.05) is 11.8 Å². The van der Waals surface area contributed by atoms with Crippen LogP contribution in [0.2, 0.25) is 0 Å². The molecular weight excluding hydrogens is 737 g/mol. The molecule has 9 rings (SSSR count). The molecule has 0 N–H and O–H groups in total. The smallest absolute Gasteiger partial charge is 0.127 e. The first-order valence-corrected chi connectivity index (χ1v) is 21.8. The average Bonchev–Trinajstić information content (AvgIpc) is 3.24. The molecule has 1 heteroatoms. The summed E-state index contributed by atoms with van der Waals surface area (Å²) in [5.74, 6) is 1.51. The van der Waals surface area contributed by atoms with Crippen molar-refractivity contribution >= 4 is 0 Å². The summed E-state index contributed by atoms with van der Waals surface area (Å²) in [6.45, 7) is 18.3. The number of benzene rings is 8. The number of ether oxygens (including phenoxy) is 1. The lowest BCUT2D eigenvalue weighted by Crippen LogP contribution is -2.17. The first-order valence-electron chi connectivity index (χ1n) is 21.8. The Hall–Kier alpha value is -6.44. The Labute approximate surface area is 363 Å². The highest BCUT2D eigenvalue weighted by Gasteiger charge is 2.33. The Bertz CT molecular complexity index is 2870. The second-order valence-electron chi connectivity index (χ2n) is 19.1. The molecule has 1 aliphatic carbocycles. The Morgan fingerprint density at radius 1 is 0.361 bits per heavy atom. The molecule has 0 aliphatic heterocycles. The highest BCUT2D eigenvalue weighted by Crippen LogP contribution is 2.51. The molecule has 0 amide bonds. The molecule has 0 heterocycles. The molecule has 0 spiro atoms. The van der Waals surface area contributed by atoms with E-state index in [2.05, 4.69) is 237 Å². The summed E-state index contributed by atoms with van der Waals surface area (Å²) in [5.41, 5.74) is 20.1. The van der Waals surface area contributed by atoms with Crippen LogP contribution in [0, 0.1) is 13.8 Å². The standard InChI is InChI=1S/C60H56O/c1-39-18-17-23-46(34-39)61-47-29-33-50-55-37-45(60(6,7)8)28-32-53(55)57(42-21-13-10-14-22-42)52-31-27-44(59(3,4)5)36-54(52)49-24-15-16-25-51(49)58(56(50)38-47)43-26-30-48(40(2)35-43)41-19-11-9-12-20-41/h9-38,57-58H,1-8H3. The van der Waals surface area contributed by atoms with Crippen molar-refractivity contribution < 1.29 is 4.74 Å². The van der Waals surface area contributed by atoms with Crippen molar-refractivity contribution in [2.24, 2.45) is 0 Å². The van der Waals surface area contributed by atoms with E-state index in [0.29, 0.717) is 0 Å². The first kappa shape index (κ1) is 40.0. The number of hydrogen-bond donors (Lipinski definition) is 0. The lowest BCUT2D eigenvalue weighted by molar-refractivity contribution is 0.481. The highest BCUT2D eigenvalue weighted by atomic mass is 16.5. The van der Waals surface area contributed by atoms with E-state index in [9.17, 15) is 0 Å². The minimum Gasteiger partial charge on any atom is -0.457 e. The van der Waals surface area contributed by atoms with Gasteiger partial charge < -0.3 is 4.74 Å². The van der Waals surface area contributed by atoms with E-state index in [1.54, 1.807) is 0 Å². The Kier molecular flexibility index (Phi) is 10.4. The van der Waals surface area contributed by atoms with Gasteiger partial charge in [0.2, 0.25) is 0 Å². The van der Waals surface area contributed by atoms with Crippen LogP contribution in [-0.4, -0.2) is 0 Å². The van der Waals surface area contributed by atoms with Gasteiger partial charge in [-0.1, -0.05) is 199 Å². The summed E-state index contributed by atoms with van der Waals surface area (Å²) in [6, 6.07) is 68.0. The van der Waals surface area contributed by atoms with Gasteiger partial charge >= 0.3 is 0 Å². The quantitative estimate of drug-likeness (QED) is 0.169. The SMILES string of the molecule is Cc1cccc(Oc2ccc3c(c2)C(c2ccc(-c4ccccc4)c(C)c2)c2ccccc2-c2cc(C(C)(C)C)ccc2C(c2ccccc2)c2ccc(C(C)(C)C)cc2-3)c1. The van der Waals surface area contributed by atoms with Crippen LogP contribution in [0.15, 0.2) is 182 Å². The van der Waals surface area contributed by atoms with Gasteiger partial charge in [0.15, 0.2) is 0 Å². The zero-order chi connectivity index (χ0) is 42.5. The Balaban J connectivity index is 1.42. The molecule has 0 fully saturated rings. The molecule has 61 heavy (non-hydrogen) atoms. The van der Waals surface area contributed by atoms with Gasteiger partial charge in [-0.3, -0.25) is 0 Å². The summed E-state index contributed by atoms with van der Waals surface area (Å²) in [6.07, 6.45) is 0. The van der Waals surface area contributed by atoms with E-state index in [1.165, 1.54) is 89.0 Å². The van der Waals surface area contributed by atoms with E-state index in [-0.39, 0.29) is 22.7 Å². The fourth-order valence-electron chi connectivity index (χ4n) is 9.42. The van der Waals surface area contributed by atoms with Crippen LogP contribution in [0.1, 0.15) is 109 Å². The summed E-state index contributed by atoms with van der Waals surface area (Å²) < 4.78 is 6.79. The van der Waals surface area contributed by atoms with E-state index >= 15 is 0 Å². The molecular formula is C60H56O. The molecule has 8 aromatic rings. The minimum atomic E-state index is -0.124. The zero-order valence-corrected chi connectivity index (χ0v) is 36.9. The third-order valence-electron chi connectivity index (χ3n) is 12.7. The van der Waals surface area contributed by atoms with Crippen LogP contribution in [0.4, 0.5) is 0 Å². The van der Waals surface area contributed by atoms with Gasteiger partial charge in [0.1, 0.15) is 11.5 Å². The molecule has 8 aromatic carbocycles. The monoisotopic (exact) mass is 792 g/mol. The second kappa shape index (κ2) is 15.9. The van der Waals surface area contributed by atoms with Crippen LogP contribution in [0.3, 0.4) is 0 Å². The topological polar surface area (TPSA) is 9.23 Å². The predicted molar refractivity (Wildman–Crippen MR) is 257 cm³/mol. The molecule has 0 radical (unpaired) electrons. The van der Waals surface area contributed by atoms with Crippen molar-refractivity contribution in [3.63, 3.8) is 0 Å². The number of rotatable bonds is 5. The molecule has 2 unspecified atom stereocenters. The van der Waals surface area contributed by atoms with Crippen molar-refractivity contribution in [1.29, 1.82) is 0 Å². The molecule has 1 nitrogen and oxygen atoms in total. The molecule has 2 atom stereocenters. The largest absolute Gasteiger partial charge is 0.457 e. The fraction of sp³-hybridized carbons (Fsp3) is 0.200. The van der Waals surface area contributed by atoms with Crippen LogP contribution >= 0.6 is 0 Å². The third-order valence-corrected chi connectivity index (χ3v) is 12.7. The van der Waals surface area contributed by atoms with Gasteiger partial charge in [0.05, 0.1) is 0 Å². The summed E-state index contributed by atoms with van der Waals surface area (Å²) in [4.78, 5) is 0. The minimum absolute atomic E-state index is 0.0256. The van der Waals surface area contributed by atoms with Gasteiger partial charge in [-0.25, -0.2) is 0 Å². The maximum atomic E-state index is 6.79. The van der Waals surface area contributed by atoms with Crippen molar-refractivity contribution in [3.8, 4) is 44.9 Å². The summed E-state index contributed by atoms with van der Waals surface area (Å²) in [7, 11) is 0. The zero-order valence-electron chi connectivity index (χ0n) is 36.9. The van der Waals surface area contributed by atoms with Crippen molar-refractivity contribution in [1.82, 2.24) is 0 Å². The number of aryl methyl sites for hydroxylation is 2. The second-order valence-corrected chi connectivity index (χ2v) is 19.1. The maximum Gasteiger partial charge on any atom is 0.127 e. The molecule has 1 aliphatic rings. The van der Waals surface area contributed by atoms with E-state index in [1.807, 2.05) is 0 Å². The molecule has 0 aromatic heterocycles. The Morgan fingerprint density at radius 2 is 0.902 bits per heavy atom. The van der Waals surface area contributed by atoms with E-state index in [0.717, 1.165) is 11.5 Å². The third kappa shape index (κ3) is 7.86. The summed E-state index contributed by atoms with van der Waals surface area (Å²) >= 11 is 0. The average molecular weight is 793 g/mol. The van der Waals surface area contributed by atoms with Crippen LogP contribution < -0.4 is 4.74 Å². The van der Waals surface area contributed by atoms with Gasteiger partial charge in [-0.2, -0.15) is 0 Å². The van der Waals surface area contributed by atoms with Gasteiger partial charge in [-0.15, -0.1) is 0 Å². The van der Waals surface area contributed by atoms with E-state index < -0.39 is 0 Å². The van der Waals surface area contributed by atoms with Gasteiger partial charge in [0.25, 0.3) is 0 Å². The fourth-order valence-corrected chi connectivity index (χ4v) is 9.42. The Morgan fingerprint density at radius 3 is 1.52 bits per heavy atom.